The van der Waals surface area contributed by atoms with E-state index in [2.05, 4.69) is 10.6 Å². The van der Waals surface area contributed by atoms with Crippen molar-refractivity contribution in [3.05, 3.63) is 24.3 Å². The number of hydrogen-bond donors (Lipinski definition) is 4. The molecule has 0 aliphatic rings. The maximum Gasteiger partial charge on any atom is 0.326 e. The van der Waals surface area contributed by atoms with Gasteiger partial charge in [-0.3, -0.25) is 14.4 Å². The summed E-state index contributed by atoms with van der Waals surface area (Å²) in [6.45, 7) is 0. The Bertz CT molecular complexity index is 658. The molecule has 0 aliphatic carbocycles. The van der Waals surface area contributed by atoms with Crippen LogP contribution in [0, 0.1) is 0 Å². The highest BCUT2D eigenvalue weighted by Crippen LogP contribution is 2.15. The number of anilines is 1. The molecule has 27 heavy (non-hydrogen) atoms. The molecular formula is C18H24N2O7. The lowest BCUT2D eigenvalue weighted by atomic mass is 10.1. The molecule has 0 aliphatic heterocycles. The van der Waals surface area contributed by atoms with Crippen molar-refractivity contribution in [2.75, 3.05) is 12.4 Å². The van der Waals surface area contributed by atoms with Gasteiger partial charge in [-0.05, 0) is 43.5 Å². The summed E-state index contributed by atoms with van der Waals surface area (Å²) < 4.78 is 5.03. The van der Waals surface area contributed by atoms with E-state index in [-0.39, 0.29) is 31.6 Å². The molecule has 148 valence electrons. The van der Waals surface area contributed by atoms with Crippen molar-refractivity contribution in [3.8, 4) is 5.75 Å². The zero-order valence-electron chi connectivity index (χ0n) is 15.1. The molecule has 0 spiro atoms. The van der Waals surface area contributed by atoms with E-state index >= 15 is 0 Å². The van der Waals surface area contributed by atoms with E-state index in [0.717, 1.165) is 0 Å². The number of ether oxygens (including phenoxy) is 1. The quantitative estimate of drug-likeness (QED) is 0.404. The second-order valence-electron chi connectivity index (χ2n) is 5.87. The number of carboxylic acid groups (broad SMARTS) is 2. The van der Waals surface area contributed by atoms with E-state index in [1.165, 1.54) is 0 Å². The Hall–Kier alpha value is -3.10. The van der Waals surface area contributed by atoms with Gasteiger partial charge in [0.25, 0.3) is 0 Å². The fourth-order valence-corrected chi connectivity index (χ4v) is 2.26. The lowest BCUT2D eigenvalue weighted by Gasteiger charge is -2.13. The fraction of sp³-hybridized carbons (Fsp3) is 0.444. The van der Waals surface area contributed by atoms with Crippen LogP contribution in [-0.4, -0.2) is 47.1 Å². The highest BCUT2D eigenvalue weighted by Gasteiger charge is 2.20. The Kier molecular flexibility index (Phi) is 9.35. The third kappa shape index (κ3) is 9.24. The first-order valence-corrected chi connectivity index (χ1v) is 8.49. The van der Waals surface area contributed by atoms with Gasteiger partial charge in [0.1, 0.15) is 11.8 Å². The van der Waals surface area contributed by atoms with Crippen molar-refractivity contribution in [2.24, 2.45) is 0 Å². The molecule has 0 bridgehead atoms. The molecule has 1 aromatic rings. The van der Waals surface area contributed by atoms with E-state index in [0.29, 0.717) is 24.3 Å². The zero-order valence-corrected chi connectivity index (χ0v) is 15.1. The van der Waals surface area contributed by atoms with Gasteiger partial charge in [-0.1, -0.05) is 0 Å². The number of carbonyl (C=O) groups is 4. The molecule has 0 saturated carbocycles. The van der Waals surface area contributed by atoms with Crippen LogP contribution in [0.1, 0.15) is 38.5 Å². The van der Waals surface area contributed by atoms with Crippen molar-refractivity contribution >= 4 is 29.4 Å². The summed E-state index contributed by atoms with van der Waals surface area (Å²) >= 11 is 0. The lowest BCUT2D eigenvalue weighted by Crippen LogP contribution is -2.41. The molecule has 2 amide bonds. The first-order valence-electron chi connectivity index (χ1n) is 8.49. The average molecular weight is 380 g/mol. The maximum absolute atomic E-state index is 11.9. The SMILES string of the molecule is COc1ccc(NC(=O)CCCCC(=O)NC(CCC(=O)O)C(=O)O)cc1. The van der Waals surface area contributed by atoms with Gasteiger partial charge in [0.05, 0.1) is 7.11 Å². The fourth-order valence-electron chi connectivity index (χ4n) is 2.26. The number of nitrogens with one attached hydrogen (secondary N) is 2. The Morgan fingerprint density at radius 3 is 2.07 bits per heavy atom. The van der Waals surface area contributed by atoms with Crippen LogP contribution in [0.2, 0.25) is 0 Å². The topological polar surface area (TPSA) is 142 Å². The second-order valence-corrected chi connectivity index (χ2v) is 5.87. The van der Waals surface area contributed by atoms with Crippen molar-refractivity contribution < 1.29 is 34.1 Å². The lowest BCUT2D eigenvalue weighted by molar-refractivity contribution is -0.143. The number of unbranched alkanes of at least 4 members (excludes halogenated alkanes) is 1. The number of carbonyl (C=O) groups excluding carboxylic acids is 2. The van der Waals surface area contributed by atoms with Crippen LogP contribution in [0.25, 0.3) is 0 Å². The summed E-state index contributed by atoms with van der Waals surface area (Å²) in [5.41, 5.74) is 0.640. The number of aliphatic carboxylic acids is 2. The number of amides is 2. The number of hydrogen-bond acceptors (Lipinski definition) is 5. The van der Waals surface area contributed by atoms with Crippen molar-refractivity contribution in [1.29, 1.82) is 0 Å². The zero-order chi connectivity index (χ0) is 20.2. The van der Waals surface area contributed by atoms with Gasteiger partial charge in [0.2, 0.25) is 11.8 Å². The van der Waals surface area contributed by atoms with Crippen LogP contribution in [0.3, 0.4) is 0 Å². The van der Waals surface area contributed by atoms with E-state index in [1.807, 2.05) is 0 Å². The number of rotatable bonds is 12. The summed E-state index contributed by atoms with van der Waals surface area (Å²) in [6.07, 6.45) is 0.631. The molecule has 1 atom stereocenters. The summed E-state index contributed by atoms with van der Waals surface area (Å²) in [5.74, 6) is -2.39. The predicted octanol–water partition coefficient (Wildman–Crippen LogP) is 1.63. The minimum atomic E-state index is -1.27. The summed E-state index contributed by atoms with van der Waals surface area (Å²) in [7, 11) is 1.55. The largest absolute Gasteiger partial charge is 0.497 e. The minimum absolute atomic E-state index is 0.0622. The molecule has 0 aromatic heterocycles. The molecule has 0 radical (unpaired) electrons. The standard InChI is InChI=1S/C18H24N2O7/c1-27-13-8-6-12(7-9-13)19-15(21)4-2-3-5-16(22)20-14(18(25)26)10-11-17(23)24/h6-9,14H,2-5,10-11H2,1H3,(H,19,21)(H,20,22)(H,23,24)(H,25,26). The van der Waals surface area contributed by atoms with Gasteiger partial charge < -0.3 is 25.6 Å². The molecule has 1 rings (SSSR count). The van der Waals surface area contributed by atoms with Crippen LogP contribution < -0.4 is 15.4 Å². The predicted molar refractivity (Wildman–Crippen MR) is 96.5 cm³/mol. The third-order valence-electron chi connectivity index (χ3n) is 3.71. The van der Waals surface area contributed by atoms with Crippen molar-refractivity contribution in [2.45, 2.75) is 44.6 Å². The Labute approximate surface area is 156 Å². The van der Waals surface area contributed by atoms with E-state index in [4.69, 9.17) is 14.9 Å². The molecule has 1 unspecified atom stereocenters. The average Bonchev–Trinajstić information content (AvgIpc) is 2.62. The van der Waals surface area contributed by atoms with Crippen LogP contribution in [0.15, 0.2) is 24.3 Å². The summed E-state index contributed by atoms with van der Waals surface area (Å²) in [6, 6.07) is 5.65. The van der Waals surface area contributed by atoms with Crippen molar-refractivity contribution in [1.82, 2.24) is 5.32 Å². The molecular weight excluding hydrogens is 356 g/mol. The van der Waals surface area contributed by atoms with Gasteiger partial charge in [-0.2, -0.15) is 0 Å². The van der Waals surface area contributed by atoms with E-state index in [1.54, 1.807) is 31.4 Å². The molecule has 4 N–H and O–H groups in total. The molecule has 0 fully saturated rings. The second kappa shape index (κ2) is 11.5. The van der Waals surface area contributed by atoms with Crippen LogP contribution >= 0.6 is 0 Å². The van der Waals surface area contributed by atoms with Gasteiger partial charge in [0, 0.05) is 24.9 Å². The summed E-state index contributed by atoms with van der Waals surface area (Å²) in [4.78, 5) is 45.1. The van der Waals surface area contributed by atoms with Crippen molar-refractivity contribution in [3.63, 3.8) is 0 Å². The first kappa shape index (κ1) is 21.9. The number of methoxy groups -OCH3 is 1. The Morgan fingerprint density at radius 2 is 1.56 bits per heavy atom. The van der Waals surface area contributed by atoms with Gasteiger partial charge in [0.15, 0.2) is 0 Å². The van der Waals surface area contributed by atoms with E-state index < -0.39 is 23.9 Å². The van der Waals surface area contributed by atoms with Crippen LogP contribution in [0.4, 0.5) is 5.69 Å². The van der Waals surface area contributed by atoms with E-state index in [9.17, 15) is 19.2 Å². The molecule has 1 aromatic carbocycles. The van der Waals surface area contributed by atoms with Gasteiger partial charge in [-0.25, -0.2) is 4.79 Å². The Morgan fingerprint density at radius 1 is 0.963 bits per heavy atom. The van der Waals surface area contributed by atoms with Crippen LogP contribution in [0.5, 0.6) is 5.75 Å². The highest BCUT2D eigenvalue weighted by molar-refractivity contribution is 5.90. The first-order chi connectivity index (χ1) is 12.8. The highest BCUT2D eigenvalue weighted by atomic mass is 16.5. The minimum Gasteiger partial charge on any atom is -0.497 e. The monoisotopic (exact) mass is 380 g/mol. The number of benzene rings is 1. The Balaban J connectivity index is 2.26. The smallest absolute Gasteiger partial charge is 0.326 e. The maximum atomic E-state index is 11.9. The number of carboxylic acids is 2. The molecule has 9 heteroatoms. The molecule has 9 nitrogen and oxygen atoms in total. The molecule has 0 heterocycles. The third-order valence-corrected chi connectivity index (χ3v) is 3.71. The van der Waals surface area contributed by atoms with Crippen LogP contribution in [-0.2, 0) is 19.2 Å². The van der Waals surface area contributed by atoms with Gasteiger partial charge >= 0.3 is 11.9 Å². The summed E-state index contributed by atoms with van der Waals surface area (Å²) in [5, 5.41) is 22.6. The normalized spacial score (nSPS) is 11.3. The molecule has 0 saturated heterocycles. The van der Waals surface area contributed by atoms with Gasteiger partial charge in [-0.15, -0.1) is 0 Å².